The summed E-state index contributed by atoms with van der Waals surface area (Å²) >= 11 is 0. The topological polar surface area (TPSA) is 54.0 Å². The van der Waals surface area contributed by atoms with Crippen LogP contribution in [0.5, 0.6) is 0 Å². The van der Waals surface area contributed by atoms with Crippen molar-refractivity contribution < 1.29 is 22.8 Å². The number of carbonyl (C=O) groups is 1. The Morgan fingerprint density at radius 1 is 1.36 bits per heavy atom. The summed E-state index contributed by atoms with van der Waals surface area (Å²) < 4.78 is 20.2. The normalized spacial score (nSPS) is 11.1. The summed E-state index contributed by atoms with van der Waals surface area (Å²) in [6.45, 7) is 6.39. The van der Waals surface area contributed by atoms with Crippen LogP contribution in [0.25, 0.3) is 0 Å². The molecular formula is C8H16O5Si. The maximum absolute atomic E-state index is 10.7. The highest BCUT2D eigenvalue weighted by Crippen LogP contribution is 2.07. The number of carbonyl (C=O) groups excluding carboxylic acids is 1. The molecule has 0 atom stereocenters. The van der Waals surface area contributed by atoms with Gasteiger partial charge in [-0.15, -0.1) is 0 Å². The van der Waals surface area contributed by atoms with Crippen LogP contribution in [0.15, 0.2) is 12.3 Å². The van der Waals surface area contributed by atoms with E-state index in [4.69, 9.17) is 18.0 Å². The van der Waals surface area contributed by atoms with Gasteiger partial charge in [-0.3, -0.25) is 4.79 Å². The van der Waals surface area contributed by atoms with Gasteiger partial charge in [0, 0.05) is 27.7 Å². The van der Waals surface area contributed by atoms with Crippen molar-refractivity contribution in [2.75, 3.05) is 21.0 Å². The molecule has 0 amide bonds. The molecule has 0 saturated heterocycles. The summed E-state index contributed by atoms with van der Waals surface area (Å²) in [5.74, 6) is -0.166. The fourth-order valence-corrected chi connectivity index (χ4v) is 1.19. The maximum Gasteiger partial charge on any atom is 0.499 e. The zero-order valence-corrected chi connectivity index (χ0v) is 9.96. The monoisotopic (exact) mass is 220 g/mol. The molecule has 14 heavy (non-hydrogen) atoms. The van der Waals surface area contributed by atoms with Crippen LogP contribution in [0.4, 0.5) is 0 Å². The second-order valence-electron chi connectivity index (χ2n) is 2.66. The summed E-state index contributed by atoms with van der Waals surface area (Å²) in [5, 5.41) is 0. The van der Waals surface area contributed by atoms with E-state index in [2.05, 4.69) is 6.58 Å². The van der Waals surface area contributed by atoms with Crippen molar-refractivity contribution in [3.05, 3.63) is 12.3 Å². The van der Waals surface area contributed by atoms with Gasteiger partial charge in [0.15, 0.2) is 18.3 Å². The second-order valence-corrected chi connectivity index (χ2v) is 5.49. The molecule has 0 aromatic carbocycles. The Balaban J connectivity index is 3.83. The molecule has 0 aromatic rings. The van der Waals surface area contributed by atoms with Crippen LogP contribution in [0.1, 0.15) is 6.92 Å². The lowest BCUT2D eigenvalue weighted by molar-refractivity contribution is -0.118. The molecule has 0 N–H and O–H groups in total. The molecule has 0 saturated carbocycles. The van der Waals surface area contributed by atoms with Crippen molar-refractivity contribution in [1.29, 1.82) is 0 Å². The Morgan fingerprint density at radius 3 is 2.21 bits per heavy atom. The van der Waals surface area contributed by atoms with E-state index >= 15 is 0 Å². The van der Waals surface area contributed by atoms with E-state index in [0.717, 1.165) is 0 Å². The Bertz CT molecular complexity index is 212. The van der Waals surface area contributed by atoms with Gasteiger partial charge in [0.25, 0.3) is 0 Å². The SMILES string of the molecule is C=C(OCO[Si](C)(OC)OC)C(C)=O. The second kappa shape index (κ2) is 5.92. The zero-order valence-electron chi connectivity index (χ0n) is 8.96. The largest absolute Gasteiger partial charge is 0.499 e. The highest BCUT2D eigenvalue weighted by molar-refractivity contribution is 6.59. The minimum absolute atomic E-state index is 0.0635. The van der Waals surface area contributed by atoms with Crippen LogP contribution in [-0.2, 0) is 22.8 Å². The number of Topliss-reactive ketones (excluding diaryl/α,β-unsaturated/α-hetero) is 1. The number of hydrogen-bond acceptors (Lipinski definition) is 5. The van der Waals surface area contributed by atoms with E-state index in [1.54, 1.807) is 6.55 Å². The highest BCUT2D eigenvalue weighted by Gasteiger charge is 2.32. The van der Waals surface area contributed by atoms with Crippen molar-refractivity contribution in [1.82, 2.24) is 0 Å². The molecule has 82 valence electrons. The third kappa shape index (κ3) is 4.52. The van der Waals surface area contributed by atoms with Gasteiger partial charge in [0.1, 0.15) is 0 Å². The number of hydrogen-bond donors (Lipinski definition) is 0. The predicted octanol–water partition coefficient (Wildman–Crippen LogP) is 0.941. The number of ketones is 1. The number of rotatable bonds is 7. The highest BCUT2D eigenvalue weighted by atomic mass is 28.4. The molecule has 0 rings (SSSR count). The van der Waals surface area contributed by atoms with E-state index in [9.17, 15) is 4.79 Å². The smallest absolute Gasteiger partial charge is 0.465 e. The first-order valence-electron chi connectivity index (χ1n) is 4.02. The molecule has 0 unspecified atom stereocenters. The van der Waals surface area contributed by atoms with E-state index < -0.39 is 8.80 Å². The van der Waals surface area contributed by atoms with Gasteiger partial charge in [-0.2, -0.15) is 0 Å². The van der Waals surface area contributed by atoms with Gasteiger partial charge in [0.05, 0.1) is 0 Å². The lowest BCUT2D eigenvalue weighted by atomic mass is 10.4. The molecule has 0 fully saturated rings. The van der Waals surface area contributed by atoms with Crippen LogP contribution < -0.4 is 0 Å². The third-order valence-corrected chi connectivity index (χ3v) is 3.81. The average molecular weight is 220 g/mol. The van der Waals surface area contributed by atoms with Gasteiger partial charge in [-0.25, -0.2) is 0 Å². The average Bonchev–Trinajstić information content (AvgIpc) is 2.17. The Kier molecular flexibility index (Phi) is 5.62. The van der Waals surface area contributed by atoms with Crippen molar-refractivity contribution in [2.45, 2.75) is 13.5 Å². The van der Waals surface area contributed by atoms with E-state index in [1.807, 2.05) is 0 Å². The molecule has 0 aliphatic rings. The van der Waals surface area contributed by atoms with Crippen LogP contribution in [0, 0.1) is 0 Å². The van der Waals surface area contributed by atoms with Crippen molar-refractivity contribution in [2.24, 2.45) is 0 Å². The molecule has 0 bridgehead atoms. The van der Waals surface area contributed by atoms with Crippen LogP contribution >= 0.6 is 0 Å². The number of ether oxygens (including phenoxy) is 1. The first-order valence-corrected chi connectivity index (χ1v) is 6.24. The molecule has 0 aromatic heterocycles. The summed E-state index contributed by atoms with van der Waals surface area (Å²) in [6, 6.07) is 0. The Labute approximate surface area is 85.0 Å². The van der Waals surface area contributed by atoms with Gasteiger partial charge < -0.3 is 18.0 Å². The summed E-state index contributed by atoms with van der Waals surface area (Å²) in [4.78, 5) is 10.7. The van der Waals surface area contributed by atoms with Gasteiger partial charge in [-0.1, -0.05) is 6.58 Å². The fourth-order valence-electron chi connectivity index (χ4n) is 0.510. The molecular weight excluding hydrogens is 204 g/mol. The molecule has 0 spiro atoms. The minimum atomic E-state index is -2.58. The third-order valence-electron chi connectivity index (χ3n) is 1.69. The molecule has 0 heterocycles. The maximum atomic E-state index is 10.7. The fraction of sp³-hybridized carbons (Fsp3) is 0.625. The van der Waals surface area contributed by atoms with Crippen LogP contribution in [0.2, 0.25) is 6.55 Å². The first kappa shape index (κ1) is 13.3. The van der Waals surface area contributed by atoms with Gasteiger partial charge in [0.2, 0.25) is 0 Å². The van der Waals surface area contributed by atoms with Crippen LogP contribution in [-0.4, -0.2) is 35.6 Å². The van der Waals surface area contributed by atoms with Crippen molar-refractivity contribution >= 4 is 14.6 Å². The van der Waals surface area contributed by atoms with E-state index in [1.165, 1.54) is 21.1 Å². The van der Waals surface area contributed by atoms with E-state index in [0.29, 0.717) is 0 Å². The standard InChI is InChI=1S/C8H16O5Si/c1-7(9)8(2)12-6-13-14(5,10-3)11-4/h2,6H2,1,3-5H3. The minimum Gasteiger partial charge on any atom is -0.465 e. The predicted molar refractivity (Wildman–Crippen MR) is 52.5 cm³/mol. The quantitative estimate of drug-likeness (QED) is 0.277. The lowest BCUT2D eigenvalue weighted by Gasteiger charge is -2.21. The first-order chi connectivity index (χ1) is 6.45. The molecule has 0 aliphatic heterocycles. The van der Waals surface area contributed by atoms with Crippen molar-refractivity contribution in [3.8, 4) is 0 Å². The van der Waals surface area contributed by atoms with Gasteiger partial charge in [-0.05, 0) is 0 Å². The number of allylic oxidation sites excluding steroid dienone is 1. The molecule has 0 aliphatic carbocycles. The summed E-state index contributed by atoms with van der Waals surface area (Å²) in [6.07, 6.45) is 0. The van der Waals surface area contributed by atoms with E-state index in [-0.39, 0.29) is 18.3 Å². The summed E-state index contributed by atoms with van der Waals surface area (Å²) in [5.41, 5.74) is 0. The summed E-state index contributed by atoms with van der Waals surface area (Å²) in [7, 11) is 0.415. The van der Waals surface area contributed by atoms with Gasteiger partial charge >= 0.3 is 8.80 Å². The molecule has 0 radical (unpaired) electrons. The molecule has 5 nitrogen and oxygen atoms in total. The Hall–Kier alpha value is -0.693. The Morgan fingerprint density at radius 2 is 1.86 bits per heavy atom. The molecule has 6 heteroatoms. The zero-order chi connectivity index (χ0) is 11.2. The van der Waals surface area contributed by atoms with Crippen molar-refractivity contribution in [3.63, 3.8) is 0 Å². The lowest BCUT2D eigenvalue weighted by Crippen LogP contribution is -2.40. The van der Waals surface area contributed by atoms with Crippen LogP contribution in [0.3, 0.4) is 0 Å².